The molecule has 2 N–H and O–H groups in total. The first-order chi connectivity index (χ1) is 6.21. The lowest BCUT2D eigenvalue weighted by atomic mass is 9.96. The quantitative estimate of drug-likeness (QED) is 0.708. The lowest BCUT2D eigenvalue weighted by molar-refractivity contribution is 0.313. The number of nitrogens with two attached hydrogens (primary N) is 1. The molecule has 0 bridgehead atoms. The van der Waals surface area contributed by atoms with Crippen molar-refractivity contribution in [1.82, 2.24) is 9.78 Å². The lowest BCUT2D eigenvalue weighted by Crippen LogP contribution is -2.15. The van der Waals surface area contributed by atoms with E-state index in [4.69, 9.17) is 5.73 Å². The van der Waals surface area contributed by atoms with Crippen molar-refractivity contribution in [3.63, 3.8) is 0 Å². The van der Waals surface area contributed by atoms with E-state index in [1.165, 1.54) is 18.5 Å². The Morgan fingerprint density at radius 1 is 1.62 bits per heavy atom. The third kappa shape index (κ3) is 0.908. The van der Waals surface area contributed by atoms with Crippen molar-refractivity contribution in [3.8, 4) is 0 Å². The van der Waals surface area contributed by atoms with E-state index < -0.39 is 0 Å². The Bertz CT molecular complexity index is 338. The molecule has 1 fully saturated rings. The van der Waals surface area contributed by atoms with Crippen molar-refractivity contribution in [2.75, 3.05) is 0 Å². The van der Waals surface area contributed by atoms with Gasteiger partial charge in [0.25, 0.3) is 0 Å². The maximum absolute atomic E-state index is 6.04. The molecule has 0 spiro atoms. The first-order valence-electron chi connectivity index (χ1n) is 5.00. The number of nitrogens with zero attached hydrogens (tertiary/aromatic N) is 2. The van der Waals surface area contributed by atoms with Gasteiger partial charge in [0.05, 0.1) is 11.7 Å². The molecule has 1 aliphatic carbocycles. The Kier molecular flexibility index (Phi) is 1.25. The van der Waals surface area contributed by atoms with E-state index in [9.17, 15) is 0 Å². The summed E-state index contributed by atoms with van der Waals surface area (Å²) in [5.41, 5.74) is 7.76. The van der Waals surface area contributed by atoms with Gasteiger partial charge in [-0.1, -0.05) is 6.92 Å². The first kappa shape index (κ1) is 7.56. The van der Waals surface area contributed by atoms with Crippen molar-refractivity contribution in [1.29, 1.82) is 0 Å². The molecule has 2 aliphatic rings. The number of fused-ring (bicyclic) bond motifs is 1. The molecular weight excluding hydrogens is 162 g/mol. The van der Waals surface area contributed by atoms with Crippen LogP contribution in [-0.2, 0) is 0 Å². The van der Waals surface area contributed by atoms with Crippen LogP contribution in [0.25, 0.3) is 0 Å². The van der Waals surface area contributed by atoms with Crippen LogP contribution in [-0.4, -0.2) is 9.78 Å². The summed E-state index contributed by atoms with van der Waals surface area (Å²) >= 11 is 0. The van der Waals surface area contributed by atoms with Gasteiger partial charge in [-0.05, 0) is 30.7 Å². The summed E-state index contributed by atoms with van der Waals surface area (Å²) in [6.07, 6.45) is 5.63. The number of rotatable bonds is 1. The zero-order valence-electron chi connectivity index (χ0n) is 7.90. The van der Waals surface area contributed by atoms with Crippen LogP contribution in [0.2, 0.25) is 0 Å². The highest BCUT2D eigenvalue weighted by Crippen LogP contribution is 2.58. The number of hydrogen-bond acceptors (Lipinski definition) is 2. The Morgan fingerprint density at radius 2 is 2.38 bits per heavy atom. The molecule has 3 rings (SSSR count). The average molecular weight is 177 g/mol. The molecule has 2 heterocycles. The second-order valence-corrected chi connectivity index (χ2v) is 4.71. The van der Waals surface area contributed by atoms with Gasteiger partial charge in [0, 0.05) is 12.2 Å². The summed E-state index contributed by atoms with van der Waals surface area (Å²) in [5, 5.41) is 4.37. The molecule has 3 heteroatoms. The summed E-state index contributed by atoms with van der Waals surface area (Å²) in [5.74, 6) is 0. The summed E-state index contributed by atoms with van der Waals surface area (Å²) in [6, 6.07) is 2.83. The van der Waals surface area contributed by atoms with Crippen molar-refractivity contribution in [2.45, 2.75) is 38.3 Å². The molecule has 1 aromatic rings. The zero-order valence-corrected chi connectivity index (χ0v) is 7.90. The van der Waals surface area contributed by atoms with Crippen molar-refractivity contribution in [2.24, 2.45) is 11.1 Å². The molecule has 13 heavy (non-hydrogen) atoms. The van der Waals surface area contributed by atoms with Crippen molar-refractivity contribution in [3.05, 3.63) is 18.0 Å². The SMILES string of the molecule is CC1([C@@H]2C[C@@H](N)c3ccnn32)CC1. The van der Waals surface area contributed by atoms with Crippen LogP contribution in [0.15, 0.2) is 12.3 Å². The van der Waals surface area contributed by atoms with E-state index in [1.54, 1.807) is 0 Å². The minimum Gasteiger partial charge on any atom is -0.323 e. The van der Waals surface area contributed by atoms with Gasteiger partial charge in [0.1, 0.15) is 0 Å². The standard InChI is InChI=1S/C10H15N3/c1-10(3-4-10)9-6-7(11)8-2-5-12-13(8)9/h2,5,7,9H,3-4,6,11H2,1H3/t7-,9+/m1/s1. The van der Waals surface area contributed by atoms with Crippen LogP contribution in [0.1, 0.15) is 44.0 Å². The molecular formula is C10H15N3. The molecule has 2 atom stereocenters. The van der Waals surface area contributed by atoms with E-state index in [0.29, 0.717) is 11.5 Å². The molecule has 70 valence electrons. The minimum absolute atomic E-state index is 0.213. The predicted molar refractivity (Wildman–Crippen MR) is 50.2 cm³/mol. The monoisotopic (exact) mass is 177 g/mol. The zero-order chi connectivity index (χ0) is 9.05. The highest BCUT2D eigenvalue weighted by Gasteiger charge is 2.49. The molecule has 0 radical (unpaired) electrons. The highest BCUT2D eigenvalue weighted by atomic mass is 15.3. The predicted octanol–water partition coefficient (Wildman–Crippen LogP) is 1.63. The minimum atomic E-state index is 0.213. The molecule has 1 aliphatic heterocycles. The molecule has 0 saturated heterocycles. The molecule has 3 nitrogen and oxygen atoms in total. The lowest BCUT2D eigenvalue weighted by Gasteiger charge is -2.18. The van der Waals surface area contributed by atoms with Crippen molar-refractivity contribution < 1.29 is 0 Å². The van der Waals surface area contributed by atoms with Crippen molar-refractivity contribution >= 4 is 0 Å². The first-order valence-corrected chi connectivity index (χ1v) is 5.00. The molecule has 0 unspecified atom stereocenters. The van der Waals surface area contributed by atoms with Gasteiger partial charge in [-0.2, -0.15) is 5.10 Å². The van der Waals surface area contributed by atoms with Crippen LogP contribution in [0, 0.1) is 5.41 Å². The Labute approximate surface area is 77.9 Å². The highest BCUT2D eigenvalue weighted by molar-refractivity contribution is 5.16. The van der Waals surface area contributed by atoms with Gasteiger partial charge in [-0.25, -0.2) is 0 Å². The van der Waals surface area contributed by atoms with Gasteiger partial charge in [-0.3, -0.25) is 4.68 Å². The van der Waals surface area contributed by atoms with Crippen LogP contribution >= 0.6 is 0 Å². The second-order valence-electron chi connectivity index (χ2n) is 4.71. The van der Waals surface area contributed by atoms with Gasteiger partial charge in [-0.15, -0.1) is 0 Å². The summed E-state index contributed by atoms with van der Waals surface area (Å²) < 4.78 is 2.15. The Morgan fingerprint density at radius 3 is 3.08 bits per heavy atom. The van der Waals surface area contributed by atoms with Crippen LogP contribution < -0.4 is 5.73 Å². The smallest absolute Gasteiger partial charge is 0.0595 e. The fourth-order valence-electron chi connectivity index (χ4n) is 2.45. The average Bonchev–Trinajstić information content (AvgIpc) is 2.62. The second kappa shape index (κ2) is 2.15. The number of aromatic nitrogens is 2. The van der Waals surface area contributed by atoms with E-state index >= 15 is 0 Å². The normalized spacial score (nSPS) is 34.6. The number of hydrogen-bond donors (Lipinski definition) is 1. The van der Waals surface area contributed by atoms with Crippen LogP contribution in [0.4, 0.5) is 0 Å². The maximum Gasteiger partial charge on any atom is 0.0595 e. The largest absolute Gasteiger partial charge is 0.323 e. The third-order valence-electron chi connectivity index (χ3n) is 3.70. The van der Waals surface area contributed by atoms with Gasteiger partial charge >= 0.3 is 0 Å². The molecule has 0 amide bonds. The van der Waals surface area contributed by atoms with E-state index in [1.807, 2.05) is 6.20 Å². The van der Waals surface area contributed by atoms with E-state index in [-0.39, 0.29) is 6.04 Å². The summed E-state index contributed by atoms with van der Waals surface area (Å²) in [4.78, 5) is 0. The third-order valence-corrected chi connectivity index (χ3v) is 3.70. The fourth-order valence-corrected chi connectivity index (χ4v) is 2.45. The van der Waals surface area contributed by atoms with E-state index in [2.05, 4.69) is 22.8 Å². The van der Waals surface area contributed by atoms with Gasteiger partial charge in [0.2, 0.25) is 0 Å². The Hall–Kier alpha value is -0.830. The summed E-state index contributed by atoms with van der Waals surface area (Å²) in [7, 11) is 0. The summed E-state index contributed by atoms with van der Waals surface area (Å²) in [6.45, 7) is 2.35. The van der Waals surface area contributed by atoms with Crippen LogP contribution in [0.3, 0.4) is 0 Å². The topological polar surface area (TPSA) is 43.8 Å². The van der Waals surface area contributed by atoms with Gasteiger partial charge in [0.15, 0.2) is 0 Å². The maximum atomic E-state index is 6.04. The Balaban J connectivity index is 2.02. The van der Waals surface area contributed by atoms with Gasteiger partial charge < -0.3 is 5.73 Å². The molecule has 1 saturated carbocycles. The fraction of sp³-hybridized carbons (Fsp3) is 0.700. The molecule has 0 aromatic carbocycles. The van der Waals surface area contributed by atoms with Crippen LogP contribution in [0.5, 0.6) is 0 Å². The van der Waals surface area contributed by atoms with E-state index in [0.717, 1.165) is 6.42 Å². The molecule has 1 aromatic heterocycles.